The highest BCUT2D eigenvalue weighted by Crippen LogP contribution is 2.30. The van der Waals surface area contributed by atoms with Crippen molar-refractivity contribution in [1.29, 1.82) is 0 Å². The average Bonchev–Trinajstić information content (AvgIpc) is 2.39. The quantitative estimate of drug-likeness (QED) is 0.794. The van der Waals surface area contributed by atoms with Crippen molar-refractivity contribution in [1.82, 2.24) is 0 Å². The molecule has 0 unspecified atom stereocenters. The molecule has 0 aromatic heterocycles. The third-order valence-corrected chi connectivity index (χ3v) is 4.15. The van der Waals surface area contributed by atoms with E-state index in [4.69, 9.17) is 4.74 Å². The average molecular weight is 339 g/mol. The van der Waals surface area contributed by atoms with Gasteiger partial charge in [0.2, 0.25) is 0 Å². The van der Waals surface area contributed by atoms with Gasteiger partial charge in [-0.05, 0) is 55.1 Å². The van der Waals surface area contributed by atoms with Crippen LogP contribution in [0.3, 0.4) is 0 Å². The Morgan fingerprint density at radius 1 is 1.11 bits per heavy atom. The van der Waals surface area contributed by atoms with E-state index >= 15 is 0 Å². The molecule has 0 amide bonds. The summed E-state index contributed by atoms with van der Waals surface area (Å²) in [6.07, 6.45) is 1.55. The van der Waals surface area contributed by atoms with E-state index in [0.29, 0.717) is 0 Å². The maximum Gasteiger partial charge on any atom is 0.128 e. The van der Waals surface area contributed by atoms with Crippen LogP contribution in [0.1, 0.15) is 18.6 Å². The molecular weight excluding hydrogens is 324 g/mol. The number of ether oxygens (including phenoxy) is 1. The lowest BCUT2D eigenvalue weighted by Gasteiger charge is -2.11. The van der Waals surface area contributed by atoms with Crippen LogP contribution in [0.5, 0.6) is 11.5 Å². The van der Waals surface area contributed by atoms with Gasteiger partial charge < -0.3 is 9.84 Å². The predicted octanol–water partition coefficient (Wildman–Crippen LogP) is 5.02. The maximum atomic E-state index is 9.57. The number of hydrogen-bond donors (Lipinski definition) is 1. The molecule has 4 heteroatoms. The summed E-state index contributed by atoms with van der Waals surface area (Å²) in [5.74, 6) is 1.54. The largest absolute Gasteiger partial charge is 0.457 e. The minimum absolute atomic E-state index is 0.496. The van der Waals surface area contributed by atoms with Crippen LogP contribution in [0, 0.1) is 0 Å². The normalized spacial score (nSPS) is 12.2. The van der Waals surface area contributed by atoms with Crippen LogP contribution < -0.4 is 4.74 Å². The topological polar surface area (TPSA) is 29.5 Å². The molecule has 1 atom stereocenters. The molecular formula is C15H15BrO2S. The number of hydrogen-bond acceptors (Lipinski definition) is 3. The van der Waals surface area contributed by atoms with Crippen molar-refractivity contribution < 1.29 is 9.84 Å². The SMILES string of the molecule is CSc1ccc(Oc2ccc([C@@H](C)O)c(Br)c2)cc1. The Labute approximate surface area is 125 Å². The van der Waals surface area contributed by atoms with Crippen LogP contribution in [0.4, 0.5) is 0 Å². The molecule has 0 fully saturated rings. The predicted molar refractivity (Wildman–Crippen MR) is 83.1 cm³/mol. The Bertz CT molecular complexity index is 553. The van der Waals surface area contributed by atoms with Crippen molar-refractivity contribution in [3.8, 4) is 11.5 Å². The molecule has 2 aromatic rings. The van der Waals surface area contributed by atoms with Crippen molar-refractivity contribution in [3.63, 3.8) is 0 Å². The van der Waals surface area contributed by atoms with Crippen molar-refractivity contribution in [3.05, 3.63) is 52.5 Å². The fraction of sp³-hybridized carbons (Fsp3) is 0.200. The molecule has 2 rings (SSSR count). The van der Waals surface area contributed by atoms with E-state index < -0.39 is 6.10 Å². The van der Waals surface area contributed by atoms with Gasteiger partial charge in [-0.3, -0.25) is 0 Å². The highest BCUT2D eigenvalue weighted by atomic mass is 79.9. The van der Waals surface area contributed by atoms with E-state index in [0.717, 1.165) is 21.5 Å². The van der Waals surface area contributed by atoms with Gasteiger partial charge in [-0.2, -0.15) is 0 Å². The first-order chi connectivity index (χ1) is 9.10. The Balaban J connectivity index is 2.16. The Morgan fingerprint density at radius 3 is 2.26 bits per heavy atom. The van der Waals surface area contributed by atoms with E-state index in [1.165, 1.54) is 4.90 Å². The molecule has 0 aliphatic rings. The standard InChI is InChI=1S/C15H15BrO2S/c1-10(17)14-8-5-12(9-15(14)16)18-11-3-6-13(19-2)7-4-11/h3-10,17H,1-2H3/t10-/m1/s1. The van der Waals surface area contributed by atoms with Gasteiger partial charge in [-0.15, -0.1) is 11.8 Å². The van der Waals surface area contributed by atoms with Crippen LogP contribution in [0.2, 0.25) is 0 Å². The van der Waals surface area contributed by atoms with Gasteiger partial charge in [0, 0.05) is 9.37 Å². The van der Waals surface area contributed by atoms with Crippen LogP contribution in [-0.2, 0) is 0 Å². The Kier molecular flexibility index (Phi) is 4.91. The lowest BCUT2D eigenvalue weighted by Crippen LogP contribution is -1.93. The summed E-state index contributed by atoms with van der Waals surface area (Å²) in [5.41, 5.74) is 0.852. The molecule has 1 N–H and O–H groups in total. The minimum atomic E-state index is -0.496. The molecule has 0 heterocycles. The lowest BCUT2D eigenvalue weighted by molar-refractivity contribution is 0.198. The van der Waals surface area contributed by atoms with Crippen molar-refractivity contribution in [2.45, 2.75) is 17.9 Å². The molecule has 0 aliphatic carbocycles. The fourth-order valence-electron chi connectivity index (χ4n) is 1.69. The molecule has 0 aliphatic heterocycles. The van der Waals surface area contributed by atoms with E-state index in [-0.39, 0.29) is 0 Å². The van der Waals surface area contributed by atoms with Crippen molar-refractivity contribution in [2.24, 2.45) is 0 Å². The monoisotopic (exact) mass is 338 g/mol. The molecule has 100 valence electrons. The number of halogens is 1. The third kappa shape index (κ3) is 3.75. The van der Waals surface area contributed by atoms with Gasteiger partial charge in [-0.1, -0.05) is 22.0 Å². The Morgan fingerprint density at radius 2 is 1.74 bits per heavy atom. The molecule has 0 radical (unpaired) electrons. The van der Waals surface area contributed by atoms with Crippen molar-refractivity contribution >= 4 is 27.7 Å². The smallest absolute Gasteiger partial charge is 0.128 e. The second-order valence-corrected chi connectivity index (χ2v) is 5.87. The van der Waals surface area contributed by atoms with Gasteiger partial charge in [0.25, 0.3) is 0 Å². The first-order valence-electron chi connectivity index (χ1n) is 5.89. The summed E-state index contributed by atoms with van der Waals surface area (Å²) in [5, 5.41) is 9.57. The number of aliphatic hydroxyl groups excluding tert-OH is 1. The van der Waals surface area contributed by atoms with Gasteiger partial charge in [0.1, 0.15) is 11.5 Å². The number of rotatable bonds is 4. The molecule has 0 bridgehead atoms. The van der Waals surface area contributed by atoms with Crippen LogP contribution >= 0.6 is 27.7 Å². The summed E-state index contributed by atoms with van der Waals surface area (Å²) in [6.45, 7) is 1.74. The zero-order valence-corrected chi connectivity index (χ0v) is 13.2. The molecule has 19 heavy (non-hydrogen) atoms. The van der Waals surface area contributed by atoms with E-state index in [9.17, 15) is 5.11 Å². The first-order valence-corrected chi connectivity index (χ1v) is 7.91. The highest BCUT2D eigenvalue weighted by Gasteiger charge is 2.07. The summed E-state index contributed by atoms with van der Waals surface area (Å²) in [6, 6.07) is 13.5. The summed E-state index contributed by atoms with van der Waals surface area (Å²) in [4.78, 5) is 1.21. The molecule has 0 saturated carbocycles. The molecule has 0 spiro atoms. The fourth-order valence-corrected chi connectivity index (χ4v) is 2.79. The van der Waals surface area contributed by atoms with Crippen LogP contribution in [0.15, 0.2) is 51.8 Å². The zero-order valence-electron chi connectivity index (χ0n) is 10.8. The lowest BCUT2D eigenvalue weighted by atomic mass is 10.1. The highest BCUT2D eigenvalue weighted by molar-refractivity contribution is 9.10. The summed E-state index contributed by atoms with van der Waals surface area (Å²) < 4.78 is 6.62. The molecule has 0 saturated heterocycles. The van der Waals surface area contributed by atoms with E-state index in [1.54, 1.807) is 18.7 Å². The molecule has 2 aromatic carbocycles. The van der Waals surface area contributed by atoms with Crippen molar-refractivity contribution in [2.75, 3.05) is 6.26 Å². The number of benzene rings is 2. The van der Waals surface area contributed by atoms with Gasteiger partial charge in [0.05, 0.1) is 6.10 Å². The second-order valence-electron chi connectivity index (χ2n) is 4.14. The Hall–Kier alpha value is -0.970. The van der Waals surface area contributed by atoms with E-state index in [1.807, 2.05) is 48.7 Å². The second kappa shape index (κ2) is 6.46. The summed E-state index contributed by atoms with van der Waals surface area (Å²) in [7, 11) is 0. The number of aliphatic hydroxyl groups is 1. The van der Waals surface area contributed by atoms with Gasteiger partial charge >= 0.3 is 0 Å². The van der Waals surface area contributed by atoms with E-state index in [2.05, 4.69) is 15.9 Å². The maximum absolute atomic E-state index is 9.57. The molecule has 2 nitrogen and oxygen atoms in total. The summed E-state index contributed by atoms with van der Waals surface area (Å²) >= 11 is 5.14. The minimum Gasteiger partial charge on any atom is -0.457 e. The number of thioether (sulfide) groups is 1. The first kappa shape index (κ1) is 14.4. The third-order valence-electron chi connectivity index (χ3n) is 2.72. The van der Waals surface area contributed by atoms with Crippen LogP contribution in [-0.4, -0.2) is 11.4 Å². The van der Waals surface area contributed by atoms with Gasteiger partial charge in [-0.25, -0.2) is 0 Å². The van der Waals surface area contributed by atoms with Crippen LogP contribution in [0.25, 0.3) is 0 Å². The van der Waals surface area contributed by atoms with Gasteiger partial charge in [0.15, 0.2) is 0 Å². The zero-order chi connectivity index (χ0) is 13.8.